The molecule has 0 aliphatic rings. The molecule has 3 aromatic carbocycles. The third-order valence-corrected chi connectivity index (χ3v) is 5.99. The highest BCUT2D eigenvalue weighted by Gasteiger charge is 2.13. The number of benzene rings is 3. The molecule has 0 N–H and O–H groups in total. The van der Waals surface area contributed by atoms with Crippen LogP contribution in [0.2, 0.25) is 0 Å². The minimum atomic E-state index is -0.216. The topological polar surface area (TPSA) is 61.4 Å². The van der Waals surface area contributed by atoms with E-state index in [2.05, 4.69) is 15.6 Å². The first kappa shape index (κ1) is 22.9. The van der Waals surface area contributed by atoms with Gasteiger partial charge in [0.2, 0.25) is 0 Å². The van der Waals surface area contributed by atoms with Crippen LogP contribution in [0.15, 0.2) is 94.8 Å². The van der Waals surface area contributed by atoms with E-state index in [1.165, 1.54) is 4.68 Å². The summed E-state index contributed by atoms with van der Waals surface area (Å²) in [6, 6.07) is 26.7. The second kappa shape index (κ2) is 9.77. The van der Waals surface area contributed by atoms with Crippen molar-refractivity contribution in [1.82, 2.24) is 14.2 Å². The van der Waals surface area contributed by atoms with Gasteiger partial charge in [-0.15, -0.1) is 6.42 Å². The molecule has 0 amide bonds. The maximum Gasteiger partial charge on any atom is 0.282 e. The van der Waals surface area contributed by atoms with Gasteiger partial charge in [0.05, 0.1) is 17.1 Å². The number of nitrogens with zero attached hydrogens (tertiary/aromatic N) is 4. The zero-order chi connectivity index (χ0) is 25.1. The van der Waals surface area contributed by atoms with Gasteiger partial charge in [0.1, 0.15) is 12.4 Å². The summed E-state index contributed by atoms with van der Waals surface area (Å²) in [6.45, 7) is 4.29. The molecule has 0 atom stereocenters. The van der Waals surface area contributed by atoms with E-state index in [9.17, 15) is 4.79 Å². The van der Waals surface area contributed by atoms with E-state index in [4.69, 9.17) is 16.1 Å². The van der Waals surface area contributed by atoms with Crippen LogP contribution in [0.1, 0.15) is 17.0 Å². The highest BCUT2D eigenvalue weighted by atomic mass is 16.5. The molecule has 6 nitrogen and oxygen atoms in total. The smallest absolute Gasteiger partial charge is 0.282 e. The summed E-state index contributed by atoms with van der Waals surface area (Å²) in [5.41, 5.74) is 5.17. The van der Waals surface area contributed by atoms with Crippen molar-refractivity contribution in [3.05, 3.63) is 112 Å². The first-order valence-electron chi connectivity index (χ1n) is 11.5. The molecule has 6 heteroatoms. The molecular weight excluding hydrogens is 448 g/mol. The van der Waals surface area contributed by atoms with Gasteiger partial charge in [-0.3, -0.25) is 4.79 Å². The lowest BCUT2D eigenvalue weighted by molar-refractivity contribution is 0.370. The third-order valence-electron chi connectivity index (χ3n) is 5.99. The van der Waals surface area contributed by atoms with E-state index < -0.39 is 0 Å². The highest BCUT2D eigenvalue weighted by Crippen LogP contribution is 2.23. The molecule has 0 saturated heterocycles. The number of aryl methyl sites for hydroxylation is 1. The molecule has 0 radical (unpaired) electrons. The zero-order valence-electron chi connectivity index (χ0n) is 20.1. The van der Waals surface area contributed by atoms with Gasteiger partial charge in [-0.1, -0.05) is 48.4 Å². The van der Waals surface area contributed by atoms with Crippen molar-refractivity contribution in [3.63, 3.8) is 0 Å². The molecule has 2 heterocycles. The Balaban J connectivity index is 1.57. The van der Waals surface area contributed by atoms with Crippen molar-refractivity contribution in [1.29, 1.82) is 0 Å². The van der Waals surface area contributed by atoms with Crippen LogP contribution in [0.5, 0.6) is 5.75 Å². The van der Waals surface area contributed by atoms with Crippen LogP contribution in [0.3, 0.4) is 0 Å². The number of rotatable bonds is 6. The second-order valence-electron chi connectivity index (χ2n) is 8.33. The van der Waals surface area contributed by atoms with E-state index in [1.807, 2.05) is 92.7 Å². The average Bonchev–Trinajstić information content (AvgIpc) is 3.20. The summed E-state index contributed by atoms with van der Waals surface area (Å²) >= 11 is 0. The molecular formula is C30H24N4O2. The molecule has 5 rings (SSSR count). The van der Waals surface area contributed by atoms with Crippen molar-refractivity contribution in [2.24, 2.45) is 5.10 Å². The minimum Gasteiger partial charge on any atom is -0.481 e. The Morgan fingerprint density at radius 3 is 2.47 bits per heavy atom. The summed E-state index contributed by atoms with van der Waals surface area (Å²) in [7, 11) is 0. The van der Waals surface area contributed by atoms with Crippen LogP contribution in [0.4, 0.5) is 0 Å². The number of fused-ring (bicyclic) bond motifs is 1. The summed E-state index contributed by atoms with van der Waals surface area (Å²) in [6.07, 6.45) is 6.99. The van der Waals surface area contributed by atoms with Gasteiger partial charge in [0.15, 0.2) is 5.82 Å². The Kier molecular flexibility index (Phi) is 6.21. The number of aromatic nitrogens is 3. The van der Waals surface area contributed by atoms with E-state index in [0.717, 1.165) is 34.0 Å². The molecule has 0 fully saturated rings. The largest absolute Gasteiger partial charge is 0.481 e. The number of para-hydroxylation sites is 1. The monoisotopic (exact) mass is 472 g/mol. The van der Waals surface area contributed by atoms with Crippen molar-refractivity contribution >= 4 is 17.1 Å². The van der Waals surface area contributed by atoms with E-state index in [1.54, 1.807) is 12.3 Å². The van der Waals surface area contributed by atoms with Crippen LogP contribution >= 0.6 is 0 Å². The third kappa shape index (κ3) is 4.30. The van der Waals surface area contributed by atoms with Gasteiger partial charge in [-0.05, 0) is 56.3 Å². The zero-order valence-corrected chi connectivity index (χ0v) is 20.1. The van der Waals surface area contributed by atoms with Gasteiger partial charge in [0.25, 0.3) is 5.56 Å². The minimum absolute atomic E-state index is 0.216. The molecule has 0 bridgehead atoms. The van der Waals surface area contributed by atoms with Crippen molar-refractivity contribution in [2.45, 2.75) is 13.8 Å². The lowest BCUT2D eigenvalue weighted by atomic mass is 10.2. The van der Waals surface area contributed by atoms with Crippen LogP contribution in [-0.2, 0) is 0 Å². The summed E-state index contributed by atoms with van der Waals surface area (Å²) in [4.78, 5) is 18.2. The van der Waals surface area contributed by atoms with E-state index in [-0.39, 0.29) is 12.2 Å². The summed E-state index contributed by atoms with van der Waals surface area (Å²) < 4.78 is 8.99. The molecule has 0 saturated carbocycles. The number of hydrogen-bond acceptors (Lipinski definition) is 4. The highest BCUT2D eigenvalue weighted by molar-refractivity contribution is 5.83. The quantitative estimate of drug-likeness (QED) is 0.247. The molecule has 5 aromatic rings. The van der Waals surface area contributed by atoms with Crippen LogP contribution < -0.4 is 10.3 Å². The van der Waals surface area contributed by atoms with Crippen molar-refractivity contribution < 1.29 is 4.74 Å². The van der Waals surface area contributed by atoms with Gasteiger partial charge < -0.3 is 9.30 Å². The van der Waals surface area contributed by atoms with E-state index >= 15 is 0 Å². The Morgan fingerprint density at radius 1 is 1.00 bits per heavy atom. The molecule has 0 aliphatic heterocycles. The summed E-state index contributed by atoms with van der Waals surface area (Å²) in [5.74, 6) is 3.68. The Hall–Kier alpha value is -4.89. The Bertz CT molecular complexity index is 1670. The van der Waals surface area contributed by atoms with E-state index in [0.29, 0.717) is 16.7 Å². The SMILES string of the molecule is C#CCOc1ccc(-n2c(C)cc(C=Nn3c(-c4ccccc4)nc4ccccc4c3=O)c2C)cc1. The van der Waals surface area contributed by atoms with Crippen molar-refractivity contribution in [2.75, 3.05) is 6.61 Å². The Morgan fingerprint density at radius 2 is 1.72 bits per heavy atom. The van der Waals surface area contributed by atoms with Gasteiger partial charge >= 0.3 is 0 Å². The number of terminal acetylenes is 1. The van der Waals surface area contributed by atoms with Crippen LogP contribution in [0.25, 0.3) is 28.0 Å². The maximum atomic E-state index is 13.4. The lowest BCUT2D eigenvalue weighted by Crippen LogP contribution is -2.20. The second-order valence-corrected chi connectivity index (χ2v) is 8.33. The average molecular weight is 473 g/mol. The first-order valence-corrected chi connectivity index (χ1v) is 11.5. The Labute approximate surface area is 209 Å². The standard InChI is InChI=1S/C30H24N4O2/c1-4-18-36-26-16-14-25(15-17-26)33-21(2)19-24(22(33)3)20-31-34-29(23-10-6-5-7-11-23)32-28-13-9-8-12-27(28)30(34)35/h1,5-17,19-20H,18H2,2-3H3. The molecule has 0 aliphatic carbocycles. The molecule has 176 valence electrons. The predicted octanol–water partition coefficient (Wildman–Crippen LogP) is 5.37. The summed E-state index contributed by atoms with van der Waals surface area (Å²) in [5, 5.41) is 5.14. The number of hydrogen-bond donors (Lipinski definition) is 0. The molecule has 0 spiro atoms. The fourth-order valence-electron chi connectivity index (χ4n) is 4.26. The van der Waals surface area contributed by atoms with Crippen molar-refractivity contribution in [3.8, 4) is 35.2 Å². The van der Waals surface area contributed by atoms with Gasteiger partial charge in [-0.2, -0.15) is 9.78 Å². The lowest BCUT2D eigenvalue weighted by Gasteiger charge is -2.11. The molecule has 0 unspecified atom stereocenters. The fraction of sp³-hybridized carbons (Fsp3) is 0.100. The fourth-order valence-corrected chi connectivity index (χ4v) is 4.26. The van der Waals surface area contributed by atoms with Crippen LogP contribution in [0, 0.1) is 26.2 Å². The maximum absolute atomic E-state index is 13.4. The van der Waals surface area contributed by atoms with Gasteiger partial charge in [-0.25, -0.2) is 4.98 Å². The molecule has 2 aromatic heterocycles. The first-order chi connectivity index (χ1) is 17.6. The van der Waals surface area contributed by atoms with Gasteiger partial charge in [0, 0.05) is 28.2 Å². The predicted molar refractivity (Wildman–Crippen MR) is 144 cm³/mol. The number of ether oxygens (including phenoxy) is 1. The van der Waals surface area contributed by atoms with Crippen LogP contribution in [-0.4, -0.2) is 27.0 Å². The molecule has 36 heavy (non-hydrogen) atoms. The normalized spacial score (nSPS) is 11.1.